The molecule has 0 aliphatic heterocycles. The molecule has 0 aromatic heterocycles. The number of ether oxygens (including phenoxy) is 1. The van der Waals surface area contributed by atoms with Crippen LogP contribution in [0.25, 0.3) is 0 Å². The lowest BCUT2D eigenvalue weighted by Crippen LogP contribution is -1.92. The summed E-state index contributed by atoms with van der Waals surface area (Å²) in [6.07, 6.45) is -2.88. The fourth-order valence-electron chi connectivity index (χ4n) is 0.0680. The van der Waals surface area contributed by atoms with E-state index < -0.39 is 6.43 Å². The molecule has 5 heteroatoms. The Hall–Kier alpha value is -1.00. The molecular formula is C5H6F4O. The monoisotopic (exact) mass is 158 g/mol. The van der Waals surface area contributed by atoms with Crippen molar-refractivity contribution < 1.29 is 22.3 Å². The Morgan fingerprint density at radius 1 is 1.00 bits per heavy atom. The first-order valence-electron chi connectivity index (χ1n) is 2.04. The van der Waals surface area contributed by atoms with E-state index in [1.807, 2.05) is 0 Å². The van der Waals surface area contributed by atoms with Crippen molar-refractivity contribution in [1.29, 1.82) is 0 Å². The Morgan fingerprint density at radius 3 is 1.20 bits per heavy atom. The Balaban J connectivity index is 0. The van der Waals surface area contributed by atoms with E-state index in [0.29, 0.717) is 0 Å². The van der Waals surface area contributed by atoms with Gasteiger partial charge < -0.3 is 4.74 Å². The molecule has 0 saturated heterocycles. The van der Waals surface area contributed by atoms with E-state index in [2.05, 4.69) is 17.9 Å². The third kappa shape index (κ3) is 252. The minimum atomic E-state index is -5.50. The lowest BCUT2D eigenvalue weighted by atomic mass is 11.1. The molecule has 0 aromatic carbocycles. The van der Waals surface area contributed by atoms with Crippen LogP contribution in [-0.4, -0.2) is 6.43 Å². The van der Waals surface area contributed by atoms with Crippen LogP contribution >= 0.6 is 0 Å². The zero-order chi connectivity index (χ0) is 8.62. The summed E-state index contributed by atoms with van der Waals surface area (Å²) < 4.78 is 43.1. The van der Waals surface area contributed by atoms with Crippen molar-refractivity contribution in [3.63, 3.8) is 0 Å². The molecule has 0 aliphatic carbocycles. The van der Waals surface area contributed by atoms with Crippen molar-refractivity contribution in [3.8, 4) is 0 Å². The summed E-state index contributed by atoms with van der Waals surface area (Å²) >= 11 is 0. The number of alkyl halides is 4. The highest BCUT2D eigenvalue weighted by molar-refractivity contribution is 4.57. The maximum atomic E-state index is 9.69. The lowest BCUT2D eigenvalue weighted by molar-refractivity contribution is -0.237. The van der Waals surface area contributed by atoms with Gasteiger partial charge in [-0.05, 0) is 0 Å². The standard InChI is InChI=1S/C4H6O.CF4/c1-3-5-4-2;2-1(3,4)5/h3-4H,1-2H2;. The van der Waals surface area contributed by atoms with E-state index in [1.54, 1.807) is 0 Å². The fourth-order valence-corrected chi connectivity index (χ4v) is 0.0680. The Morgan fingerprint density at radius 2 is 1.20 bits per heavy atom. The number of hydrogen-bond donors (Lipinski definition) is 0. The second-order valence-corrected chi connectivity index (χ2v) is 0.898. The van der Waals surface area contributed by atoms with Gasteiger partial charge in [0.05, 0.1) is 12.5 Å². The van der Waals surface area contributed by atoms with Crippen LogP contribution in [0.15, 0.2) is 25.7 Å². The Labute approximate surface area is 55.6 Å². The first kappa shape index (κ1) is 11.8. The number of hydrogen-bond acceptors (Lipinski definition) is 1. The van der Waals surface area contributed by atoms with Crippen LogP contribution in [0, 0.1) is 0 Å². The van der Waals surface area contributed by atoms with E-state index in [1.165, 1.54) is 12.5 Å². The minimum Gasteiger partial charge on any atom is -0.474 e. The smallest absolute Gasteiger partial charge is 0.474 e. The van der Waals surface area contributed by atoms with Crippen molar-refractivity contribution in [2.75, 3.05) is 0 Å². The Kier molecular flexibility index (Phi) is 7.20. The van der Waals surface area contributed by atoms with Crippen LogP contribution in [0.4, 0.5) is 17.6 Å². The van der Waals surface area contributed by atoms with Gasteiger partial charge in [-0.15, -0.1) is 17.6 Å². The molecule has 10 heavy (non-hydrogen) atoms. The molecule has 0 unspecified atom stereocenters. The van der Waals surface area contributed by atoms with Crippen molar-refractivity contribution in [2.45, 2.75) is 6.43 Å². The molecule has 0 amide bonds. The minimum absolute atomic E-state index is 1.31. The molecule has 0 N–H and O–H groups in total. The van der Waals surface area contributed by atoms with E-state index in [-0.39, 0.29) is 0 Å². The number of rotatable bonds is 2. The maximum absolute atomic E-state index is 9.69. The molecular weight excluding hydrogens is 152 g/mol. The maximum Gasteiger partial charge on any atom is 0.559 e. The van der Waals surface area contributed by atoms with Crippen LogP contribution in [0.1, 0.15) is 0 Å². The van der Waals surface area contributed by atoms with Gasteiger partial charge in [0.25, 0.3) is 0 Å². The zero-order valence-electron chi connectivity index (χ0n) is 4.99. The van der Waals surface area contributed by atoms with Gasteiger partial charge in [0.1, 0.15) is 0 Å². The highest BCUT2D eigenvalue weighted by atomic mass is 19.5. The van der Waals surface area contributed by atoms with Gasteiger partial charge in [-0.25, -0.2) is 0 Å². The molecule has 0 rings (SSSR count). The second kappa shape index (κ2) is 6.12. The van der Waals surface area contributed by atoms with Gasteiger partial charge in [0, 0.05) is 0 Å². The summed E-state index contributed by atoms with van der Waals surface area (Å²) in [6.45, 7) is 6.51. The van der Waals surface area contributed by atoms with Gasteiger partial charge in [-0.2, -0.15) is 0 Å². The fraction of sp³-hybridized carbons (Fsp3) is 0.200. The van der Waals surface area contributed by atoms with Gasteiger partial charge in [-0.1, -0.05) is 13.2 Å². The highest BCUT2D eigenvalue weighted by Gasteiger charge is 2.24. The van der Waals surface area contributed by atoms with Crippen LogP contribution < -0.4 is 0 Å². The average Bonchev–Trinajstić information content (AvgIpc) is 1.63. The predicted octanol–water partition coefficient (Wildman–Crippen LogP) is 2.77. The molecule has 1 nitrogen and oxygen atoms in total. The van der Waals surface area contributed by atoms with Crippen LogP contribution in [0.3, 0.4) is 0 Å². The summed E-state index contributed by atoms with van der Waals surface area (Å²) in [7, 11) is 0. The molecule has 0 spiro atoms. The molecule has 0 aliphatic rings. The van der Waals surface area contributed by atoms with Crippen molar-refractivity contribution in [3.05, 3.63) is 25.7 Å². The van der Waals surface area contributed by atoms with Crippen LogP contribution in [-0.2, 0) is 4.74 Å². The molecule has 0 radical (unpaired) electrons. The van der Waals surface area contributed by atoms with Gasteiger partial charge in [0.2, 0.25) is 0 Å². The van der Waals surface area contributed by atoms with Crippen molar-refractivity contribution in [1.82, 2.24) is 0 Å². The molecule has 0 aromatic rings. The first-order valence-corrected chi connectivity index (χ1v) is 2.04. The second-order valence-electron chi connectivity index (χ2n) is 0.898. The summed E-state index contributed by atoms with van der Waals surface area (Å²) in [4.78, 5) is 0. The molecule has 0 atom stereocenters. The molecule has 0 bridgehead atoms. The van der Waals surface area contributed by atoms with E-state index in [4.69, 9.17) is 0 Å². The van der Waals surface area contributed by atoms with Gasteiger partial charge in [-0.3, -0.25) is 0 Å². The van der Waals surface area contributed by atoms with Crippen LogP contribution in [0.5, 0.6) is 0 Å². The third-order valence-corrected chi connectivity index (χ3v) is 0.192. The third-order valence-electron chi connectivity index (χ3n) is 0.192. The zero-order valence-corrected chi connectivity index (χ0v) is 4.99. The van der Waals surface area contributed by atoms with E-state index in [0.717, 1.165) is 0 Å². The number of halogens is 4. The molecule has 0 heterocycles. The Bertz CT molecular complexity index is 84.3. The largest absolute Gasteiger partial charge is 0.559 e. The predicted molar refractivity (Wildman–Crippen MR) is 28.6 cm³/mol. The SMILES string of the molecule is C=COC=C.FC(F)(F)F. The van der Waals surface area contributed by atoms with Gasteiger partial charge >= 0.3 is 6.43 Å². The quantitative estimate of drug-likeness (QED) is 0.443. The molecule has 0 fully saturated rings. The highest BCUT2D eigenvalue weighted by Crippen LogP contribution is 2.13. The van der Waals surface area contributed by atoms with E-state index >= 15 is 0 Å². The van der Waals surface area contributed by atoms with E-state index in [9.17, 15) is 17.6 Å². The van der Waals surface area contributed by atoms with Crippen molar-refractivity contribution >= 4 is 0 Å². The molecule has 0 saturated carbocycles. The van der Waals surface area contributed by atoms with Gasteiger partial charge in [0.15, 0.2) is 0 Å². The molecule has 60 valence electrons. The summed E-state index contributed by atoms with van der Waals surface area (Å²) in [5.41, 5.74) is 0. The summed E-state index contributed by atoms with van der Waals surface area (Å²) in [5, 5.41) is 0. The normalized spacial score (nSPS) is 8.80. The summed E-state index contributed by atoms with van der Waals surface area (Å²) in [6, 6.07) is 0. The van der Waals surface area contributed by atoms with Crippen LogP contribution in [0.2, 0.25) is 0 Å². The lowest BCUT2D eigenvalue weighted by Gasteiger charge is -1.82. The van der Waals surface area contributed by atoms with Crippen molar-refractivity contribution in [2.24, 2.45) is 0 Å². The first-order chi connectivity index (χ1) is 4.41. The summed E-state index contributed by atoms with van der Waals surface area (Å²) in [5.74, 6) is 0. The average molecular weight is 158 g/mol. The topological polar surface area (TPSA) is 9.23 Å².